The standard InChI is InChI=1S/C22H21NO/c1-23-22(19-13-7-3-8-14-19,20-15-9-4-10-16-20)17-21(24-23)18-11-5-2-6-12-18/h2-16,21H,17H2,1H3. The Labute approximate surface area is 143 Å². The highest BCUT2D eigenvalue weighted by Gasteiger charge is 2.48. The zero-order valence-electron chi connectivity index (χ0n) is 13.8. The van der Waals surface area contributed by atoms with Gasteiger partial charge in [-0.25, -0.2) is 0 Å². The van der Waals surface area contributed by atoms with Crippen molar-refractivity contribution in [3.8, 4) is 0 Å². The molecule has 2 nitrogen and oxygen atoms in total. The number of rotatable bonds is 3. The van der Waals surface area contributed by atoms with E-state index in [1.54, 1.807) is 0 Å². The summed E-state index contributed by atoms with van der Waals surface area (Å²) in [5, 5.41) is 2.04. The number of hydroxylamine groups is 2. The van der Waals surface area contributed by atoms with Crippen LogP contribution in [0.4, 0.5) is 0 Å². The first-order valence-corrected chi connectivity index (χ1v) is 8.37. The Morgan fingerprint density at radius 3 is 1.71 bits per heavy atom. The molecule has 120 valence electrons. The van der Waals surface area contributed by atoms with Crippen LogP contribution in [0.2, 0.25) is 0 Å². The second kappa shape index (κ2) is 6.23. The number of benzene rings is 3. The van der Waals surface area contributed by atoms with Gasteiger partial charge in [-0.1, -0.05) is 91.0 Å². The van der Waals surface area contributed by atoms with E-state index in [1.807, 2.05) is 18.2 Å². The lowest BCUT2D eigenvalue weighted by Gasteiger charge is -2.35. The molecule has 0 aromatic heterocycles. The van der Waals surface area contributed by atoms with Gasteiger partial charge in [0.2, 0.25) is 0 Å². The van der Waals surface area contributed by atoms with E-state index in [0.29, 0.717) is 0 Å². The molecule has 0 amide bonds. The van der Waals surface area contributed by atoms with Gasteiger partial charge in [0, 0.05) is 13.5 Å². The molecule has 0 bridgehead atoms. The van der Waals surface area contributed by atoms with Crippen LogP contribution < -0.4 is 0 Å². The van der Waals surface area contributed by atoms with Crippen LogP contribution in [0.25, 0.3) is 0 Å². The minimum absolute atomic E-state index is 0.0524. The lowest BCUT2D eigenvalue weighted by atomic mass is 9.78. The van der Waals surface area contributed by atoms with Crippen LogP contribution in [0, 0.1) is 0 Å². The maximum atomic E-state index is 6.31. The van der Waals surface area contributed by atoms with Crippen molar-refractivity contribution in [3.63, 3.8) is 0 Å². The zero-order chi connectivity index (χ0) is 16.4. The molecule has 2 heteroatoms. The second-order valence-electron chi connectivity index (χ2n) is 6.30. The van der Waals surface area contributed by atoms with Gasteiger partial charge in [-0.05, 0) is 16.7 Å². The molecule has 1 heterocycles. The van der Waals surface area contributed by atoms with Crippen LogP contribution >= 0.6 is 0 Å². The van der Waals surface area contributed by atoms with E-state index < -0.39 is 0 Å². The van der Waals surface area contributed by atoms with Crippen LogP contribution in [0.1, 0.15) is 29.2 Å². The Balaban J connectivity index is 1.83. The monoisotopic (exact) mass is 315 g/mol. The van der Waals surface area contributed by atoms with Gasteiger partial charge in [0.1, 0.15) is 6.10 Å². The van der Waals surface area contributed by atoms with Gasteiger partial charge >= 0.3 is 0 Å². The van der Waals surface area contributed by atoms with E-state index in [1.165, 1.54) is 16.7 Å². The normalized spacial score (nSPS) is 20.1. The Hall–Kier alpha value is -2.42. The predicted octanol–water partition coefficient (Wildman–Crippen LogP) is 4.94. The largest absolute Gasteiger partial charge is 0.290 e. The number of nitrogens with zero attached hydrogens (tertiary/aromatic N) is 1. The van der Waals surface area contributed by atoms with Gasteiger partial charge in [-0.2, -0.15) is 5.06 Å². The van der Waals surface area contributed by atoms with Gasteiger partial charge in [0.05, 0.1) is 5.54 Å². The summed E-state index contributed by atoms with van der Waals surface area (Å²) in [4.78, 5) is 6.31. The first kappa shape index (κ1) is 15.1. The number of hydrogen-bond donors (Lipinski definition) is 0. The quantitative estimate of drug-likeness (QED) is 0.679. The molecule has 1 atom stereocenters. The smallest absolute Gasteiger partial charge is 0.107 e. The lowest BCUT2D eigenvalue weighted by molar-refractivity contribution is -0.164. The highest BCUT2D eigenvalue weighted by atomic mass is 16.7. The number of hydrogen-bond acceptors (Lipinski definition) is 2. The van der Waals surface area contributed by atoms with Crippen LogP contribution in [-0.2, 0) is 10.4 Å². The van der Waals surface area contributed by atoms with Crippen LogP contribution in [-0.4, -0.2) is 12.1 Å². The Morgan fingerprint density at radius 2 is 1.21 bits per heavy atom. The molecule has 4 rings (SSSR count). The molecule has 1 aliphatic rings. The van der Waals surface area contributed by atoms with Crippen molar-refractivity contribution in [2.24, 2.45) is 0 Å². The van der Waals surface area contributed by atoms with E-state index >= 15 is 0 Å². The molecule has 0 N–H and O–H groups in total. The summed E-state index contributed by atoms with van der Waals surface area (Å²) in [5.41, 5.74) is 3.47. The minimum Gasteiger partial charge on any atom is -0.290 e. The molecule has 3 aromatic carbocycles. The van der Waals surface area contributed by atoms with Crippen molar-refractivity contribution in [2.45, 2.75) is 18.1 Å². The molecule has 0 aliphatic carbocycles. The third-order valence-electron chi connectivity index (χ3n) is 4.98. The van der Waals surface area contributed by atoms with Gasteiger partial charge in [-0.3, -0.25) is 4.84 Å². The second-order valence-corrected chi connectivity index (χ2v) is 6.30. The highest BCUT2D eigenvalue weighted by Crippen LogP contribution is 2.49. The van der Waals surface area contributed by atoms with E-state index in [4.69, 9.17) is 4.84 Å². The van der Waals surface area contributed by atoms with Crippen molar-refractivity contribution in [1.82, 2.24) is 5.06 Å². The molecule has 0 spiro atoms. The van der Waals surface area contributed by atoms with E-state index in [-0.39, 0.29) is 11.6 Å². The summed E-state index contributed by atoms with van der Waals surface area (Å²) in [6.45, 7) is 0. The maximum absolute atomic E-state index is 6.31. The fourth-order valence-corrected chi connectivity index (χ4v) is 3.76. The first-order valence-electron chi connectivity index (χ1n) is 8.37. The van der Waals surface area contributed by atoms with Gasteiger partial charge in [-0.15, -0.1) is 0 Å². The van der Waals surface area contributed by atoms with Crippen molar-refractivity contribution in [3.05, 3.63) is 108 Å². The minimum atomic E-state index is -0.275. The van der Waals surface area contributed by atoms with Crippen molar-refractivity contribution in [1.29, 1.82) is 0 Å². The molecular formula is C22H21NO. The lowest BCUT2D eigenvalue weighted by Crippen LogP contribution is -2.38. The average molecular weight is 315 g/mol. The molecule has 1 aliphatic heterocycles. The fraction of sp³-hybridized carbons (Fsp3) is 0.182. The summed E-state index contributed by atoms with van der Waals surface area (Å²) < 4.78 is 0. The molecular weight excluding hydrogens is 294 g/mol. The average Bonchev–Trinajstić information content (AvgIpc) is 3.02. The SMILES string of the molecule is CN1OC(c2ccccc2)CC1(c1ccccc1)c1ccccc1. The highest BCUT2D eigenvalue weighted by molar-refractivity contribution is 5.40. The van der Waals surface area contributed by atoms with Gasteiger partial charge in [0.25, 0.3) is 0 Å². The first-order chi connectivity index (χ1) is 11.8. The van der Waals surface area contributed by atoms with E-state index in [2.05, 4.69) is 84.9 Å². The van der Waals surface area contributed by atoms with E-state index in [0.717, 1.165) is 6.42 Å². The predicted molar refractivity (Wildman–Crippen MR) is 96.3 cm³/mol. The fourth-order valence-electron chi connectivity index (χ4n) is 3.76. The Kier molecular flexibility index (Phi) is 3.93. The van der Waals surface area contributed by atoms with Crippen LogP contribution in [0.3, 0.4) is 0 Å². The maximum Gasteiger partial charge on any atom is 0.107 e. The molecule has 1 fully saturated rings. The summed E-state index contributed by atoms with van der Waals surface area (Å²) >= 11 is 0. The summed E-state index contributed by atoms with van der Waals surface area (Å²) in [7, 11) is 2.04. The third kappa shape index (κ3) is 2.44. The molecule has 1 saturated heterocycles. The summed E-state index contributed by atoms with van der Waals surface area (Å²) in [5.74, 6) is 0. The molecule has 1 unspecified atom stereocenters. The van der Waals surface area contributed by atoms with Crippen molar-refractivity contribution in [2.75, 3.05) is 7.05 Å². The third-order valence-corrected chi connectivity index (χ3v) is 4.98. The zero-order valence-corrected chi connectivity index (χ0v) is 13.8. The molecule has 0 saturated carbocycles. The topological polar surface area (TPSA) is 12.5 Å². The van der Waals surface area contributed by atoms with E-state index in [9.17, 15) is 0 Å². The van der Waals surface area contributed by atoms with Crippen molar-refractivity contribution < 1.29 is 4.84 Å². The Morgan fingerprint density at radius 1 is 0.750 bits per heavy atom. The van der Waals surface area contributed by atoms with Crippen LogP contribution in [0.15, 0.2) is 91.0 Å². The van der Waals surface area contributed by atoms with Crippen LogP contribution in [0.5, 0.6) is 0 Å². The van der Waals surface area contributed by atoms with Gasteiger partial charge < -0.3 is 0 Å². The van der Waals surface area contributed by atoms with Crippen molar-refractivity contribution >= 4 is 0 Å². The summed E-state index contributed by atoms with van der Waals surface area (Å²) in [6, 6.07) is 31.8. The molecule has 0 radical (unpaired) electrons. The van der Waals surface area contributed by atoms with Gasteiger partial charge in [0.15, 0.2) is 0 Å². The Bertz CT molecular complexity index is 746. The molecule has 3 aromatic rings. The summed E-state index contributed by atoms with van der Waals surface area (Å²) in [6.07, 6.45) is 0.943. The molecule has 24 heavy (non-hydrogen) atoms.